The molecule has 0 saturated carbocycles. The minimum atomic E-state index is -5.67. The van der Waals surface area contributed by atoms with Crippen molar-refractivity contribution in [1.82, 2.24) is 9.80 Å². The van der Waals surface area contributed by atoms with E-state index in [0.29, 0.717) is 27.9 Å². The van der Waals surface area contributed by atoms with Crippen molar-refractivity contribution in [3.05, 3.63) is 92.2 Å². The van der Waals surface area contributed by atoms with Gasteiger partial charge in [0.1, 0.15) is 0 Å². The molecule has 7 nitrogen and oxygen atoms in total. The second-order valence-corrected chi connectivity index (χ2v) is 22.1. The average molecular weight is 1070 g/mol. The van der Waals surface area contributed by atoms with E-state index >= 15 is 0 Å². The molecule has 0 aromatic heterocycles. The van der Waals surface area contributed by atoms with Gasteiger partial charge < -0.3 is 9.80 Å². The van der Waals surface area contributed by atoms with Crippen molar-refractivity contribution in [2.24, 2.45) is 10.8 Å². The Morgan fingerprint density at radius 1 is 0.733 bits per heavy atom. The van der Waals surface area contributed by atoms with Crippen LogP contribution in [0.15, 0.2) is 83.0 Å². The number of Topliss-reactive ketones (excluding diaryl/α,β-unsaturated/α-hetero) is 2. The van der Waals surface area contributed by atoms with Gasteiger partial charge in [0.25, 0.3) is 9.84 Å². The summed E-state index contributed by atoms with van der Waals surface area (Å²) in [5.74, 6) is -1.15. The summed E-state index contributed by atoms with van der Waals surface area (Å²) in [6, 6.07) is 14.9. The van der Waals surface area contributed by atoms with Crippen LogP contribution >= 0.6 is 42.6 Å². The molecule has 2 fully saturated rings. The van der Waals surface area contributed by atoms with Crippen LogP contribution in [0.3, 0.4) is 0 Å². The fraction of sp³-hybridized carbons (Fsp3) is 0.524. The Labute approximate surface area is 378 Å². The number of alkyl halides is 6. The Hall–Kier alpha value is -2.18. The zero-order valence-corrected chi connectivity index (χ0v) is 37.9. The third-order valence-electron chi connectivity index (χ3n) is 9.34. The summed E-state index contributed by atoms with van der Waals surface area (Å²) in [6.45, 7) is 12.1. The molecule has 0 atom stereocenters. The number of ketones is 3. The number of allylic oxidation sites excluding steroid dienone is 4. The second kappa shape index (κ2) is 24.0. The number of thioether (sulfide) groups is 1. The van der Waals surface area contributed by atoms with Gasteiger partial charge in [-0.1, -0.05) is 112 Å². The Morgan fingerprint density at radius 3 is 1.67 bits per heavy atom. The topological polar surface area (TPSA) is 91.8 Å². The van der Waals surface area contributed by atoms with Crippen LogP contribution < -0.4 is 0 Å². The summed E-state index contributed by atoms with van der Waals surface area (Å²) in [6.07, 6.45) is 8.95. The van der Waals surface area contributed by atoms with Crippen molar-refractivity contribution in [1.29, 1.82) is 0 Å². The number of nitrogens with zero attached hydrogens (tertiary/aromatic N) is 2. The molecule has 2 heterocycles. The van der Waals surface area contributed by atoms with Crippen LogP contribution in [0.4, 0.5) is 26.3 Å². The van der Waals surface area contributed by atoms with Gasteiger partial charge in [-0.15, -0.1) is 0 Å². The molecule has 2 aromatic rings. The average Bonchev–Trinajstić information content (AvgIpc) is 3.88. The SMILES string of the molecule is C.C.CC1(C)CC(=O)C(SC(F)(F)F)=C(N2CCCC2)C1.CC1(C)CC(=O)C=C(N2CCCC2)C1.O=C(C(=Ic1ccccc1)S(=O)(=O)C(F)(F)F)c1ccccc1.[Cl][Cu]. The van der Waals surface area contributed by atoms with Crippen LogP contribution in [0, 0.1) is 14.4 Å². The number of benzene rings is 2. The van der Waals surface area contributed by atoms with E-state index in [4.69, 9.17) is 0 Å². The summed E-state index contributed by atoms with van der Waals surface area (Å²) in [5, 5.41) is 0. The number of sulfone groups is 1. The van der Waals surface area contributed by atoms with Crippen molar-refractivity contribution < 1.29 is 64.2 Å². The molecule has 6 rings (SSSR count). The molecule has 0 N–H and O–H groups in total. The van der Waals surface area contributed by atoms with Gasteiger partial charge in [-0.2, -0.15) is 26.3 Å². The number of carbonyl (C=O) groups is 3. The number of likely N-dealkylation sites (tertiary alicyclic amines) is 2. The molecule has 0 bridgehead atoms. The van der Waals surface area contributed by atoms with Gasteiger partial charge in [0, 0.05) is 65.6 Å². The molecule has 18 heteroatoms. The van der Waals surface area contributed by atoms with E-state index in [-0.39, 0.29) is 60.1 Å². The predicted octanol–water partition coefficient (Wildman–Crippen LogP) is 12.0. The van der Waals surface area contributed by atoms with Crippen LogP contribution in [0.2, 0.25) is 0 Å². The quantitative estimate of drug-likeness (QED) is 0.117. The zero-order chi connectivity index (χ0) is 43.5. The predicted molar refractivity (Wildman–Crippen MR) is 236 cm³/mol. The Bertz CT molecular complexity index is 1950. The van der Waals surface area contributed by atoms with E-state index in [9.17, 15) is 49.1 Å². The first kappa shape index (κ1) is 55.8. The van der Waals surface area contributed by atoms with Gasteiger partial charge in [0.05, 0.1) is 4.91 Å². The molecule has 2 aromatic carbocycles. The van der Waals surface area contributed by atoms with Crippen LogP contribution in [0.5, 0.6) is 0 Å². The van der Waals surface area contributed by atoms with E-state index < -0.39 is 50.2 Å². The van der Waals surface area contributed by atoms with Crippen LogP contribution in [0.1, 0.15) is 104 Å². The summed E-state index contributed by atoms with van der Waals surface area (Å²) >= 11 is 1.63. The molecule has 342 valence electrons. The first-order chi connectivity index (χ1) is 27.0. The molecule has 0 amide bonds. The van der Waals surface area contributed by atoms with Crippen molar-refractivity contribution in [3.8, 4) is 0 Å². The van der Waals surface area contributed by atoms with Crippen molar-refractivity contribution >= 4 is 72.6 Å². The van der Waals surface area contributed by atoms with Crippen LogP contribution in [-0.2, 0) is 34.5 Å². The van der Waals surface area contributed by atoms with Crippen molar-refractivity contribution in [3.63, 3.8) is 0 Å². The molecule has 4 aliphatic rings. The Kier molecular flexibility index (Phi) is 22.4. The Morgan fingerprint density at radius 2 is 1.20 bits per heavy atom. The summed E-state index contributed by atoms with van der Waals surface area (Å²) < 4.78 is 99.6. The van der Waals surface area contributed by atoms with E-state index in [1.54, 1.807) is 24.3 Å². The maximum atomic E-state index is 12.9. The van der Waals surface area contributed by atoms with E-state index in [1.165, 1.54) is 54.9 Å². The summed E-state index contributed by atoms with van der Waals surface area (Å²) in [4.78, 5) is 40.2. The Balaban J connectivity index is 0.000000444. The zero-order valence-electron chi connectivity index (χ0n) is 32.4. The molecular formula is C42H55ClCuF6IN2O5S2. The van der Waals surface area contributed by atoms with Crippen molar-refractivity contribution in [2.45, 2.75) is 105 Å². The number of carbonyl (C=O) groups excluding carboxylic acids is 3. The normalized spacial score (nSPS) is 19.1. The molecule has 0 radical (unpaired) electrons. The molecule has 2 saturated heterocycles. The monoisotopic (exact) mass is 1070 g/mol. The van der Waals surface area contributed by atoms with Crippen LogP contribution in [-0.4, -0.2) is 75.6 Å². The third kappa shape index (κ3) is 16.8. The van der Waals surface area contributed by atoms with Gasteiger partial charge in [-0.25, -0.2) is 8.42 Å². The van der Waals surface area contributed by atoms with Gasteiger partial charge in [0.15, 0.2) is 14.4 Å². The molecule has 2 aliphatic carbocycles. The second-order valence-electron chi connectivity index (χ2n) is 15.6. The van der Waals surface area contributed by atoms with Crippen LogP contribution in [0.25, 0.3) is 0 Å². The fourth-order valence-corrected chi connectivity index (χ4v) is 12.4. The molecule has 2 aliphatic heterocycles. The van der Waals surface area contributed by atoms with Crippen molar-refractivity contribution in [2.75, 3.05) is 26.2 Å². The number of hydrogen-bond donors (Lipinski definition) is 0. The summed E-state index contributed by atoms with van der Waals surface area (Å²) in [5.41, 5.74) is -8.15. The standard InChI is InChI=1S/C15H10F3IO3S.C13H18F3NOS.C12H19NO.2CH4.ClH.Cu/c16-15(17,18)23(21,22)14(19-12-9-5-2-6-10-12)13(20)11-7-3-1-4-8-11;1-12(2)7-9(17-5-3-4-6-17)11(10(18)8-12)19-13(14,15)16;1-12(2)8-10(7-11(14)9-12)13-5-3-4-6-13;;;;/h1-10H;3-8H2,1-2H3;7H,3-6,8-9H2,1-2H3;2*1H4;1H;/q;;;;;;+1/p-1. The first-order valence-electron chi connectivity index (χ1n) is 18.3. The maximum absolute atomic E-state index is 12.9. The number of rotatable bonds is 7. The van der Waals surface area contributed by atoms with Gasteiger partial charge in [-0.05, 0) is 73.2 Å². The fourth-order valence-electron chi connectivity index (χ4n) is 6.86. The molecule has 0 spiro atoms. The molecular weight excluding hydrogens is 1020 g/mol. The number of halogens is 8. The first-order valence-corrected chi connectivity index (χ1v) is 24.1. The third-order valence-corrected chi connectivity index (χ3v) is 16.1. The molecule has 0 unspecified atom stereocenters. The summed E-state index contributed by atoms with van der Waals surface area (Å²) in [7, 11) is -1.47. The van der Waals surface area contributed by atoms with E-state index in [1.807, 2.05) is 24.8 Å². The van der Waals surface area contributed by atoms with Gasteiger partial charge in [0.2, 0.25) is 5.78 Å². The van der Waals surface area contributed by atoms with Gasteiger partial charge >= 0.3 is 36.2 Å². The van der Waals surface area contributed by atoms with E-state index in [2.05, 4.69) is 43.9 Å². The van der Waals surface area contributed by atoms with E-state index in [0.717, 1.165) is 45.4 Å². The number of hydrogen-bond acceptors (Lipinski definition) is 8. The van der Waals surface area contributed by atoms with Gasteiger partial charge in [-0.3, -0.25) is 14.4 Å². The minimum absolute atomic E-state index is 0. The molecule has 60 heavy (non-hydrogen) atoms.